The number of aromatic nitrogens is 1. The molecule has 0 aromatic carbocycles. The normalized spacial score (nSPS) is 19.9. The van der Waals surface area contributed by atoms with E-state index in [9.17, 15) is 0 Å². The van der Waals surface area contributed by atoms with E-state index in [1.165, 1.54) is 12.8 Å². The number of thiocarbonyl (C=S) groups is 1. The smallest absolute Gasteiger partial charge is 0.126 e. The third kappa shape index (κ3) is 3.64. The van der Waals surface area contributed by atoms with E-state index in [1.54, 1.807) is 0 Å². The van der Waals surface area contributed by atoms with Gasteiger partial charge in [-0.25, -0.2) is 4.98 Å². The number of hydrogen-bond donors (Lipinski definition) is 2. The molecule has 1 aliphatic rings. The first-order chi connectivity index (χ1) is 8.25. The number of pyridine rings is 1. The van der Waals surface area contributed by atoms with E-state index < -0.39 is 0 Å². The number of rotatable bonds is 4. The lowest BCUT2D eigenvalue weighted by atomic mass is 10.1. The van der Waals surface area contributed by atoms with Gasteiger partial charge in [-0.2, -0.15) is 0 Å². The minimum absolute atomic E-state index is 0.291. The number of hydrogen-bond acceptors (Lipinski definition) is 4. The molecule has 0 spiro atoms. The van der Waals surface area contributed by atoms with Crippen LogP contribution in [0.2, 0.25) is 0 Å². The number of nitrogens with zero attached hydrogens (tertiary/aromatic N) is 1. The largest absolute Gasteiger partial charge is 0.388 e. The third-order valence-corrected chi connectivity index (χ3v) is 3.00. The van der Waals surface area contributed by atoms with Crippen LogP contribution in [0, 0.1) is 0 Å². The summed E-state index contributed by atoms with van der Waals surface area (Å²) in [5.74, 6) is 0.796. The monoisotopic (exact) mass is 251 g/mol. The second-order valence-corrected chi connectivity index (χ2v) is 4.58. The molecule has 1 saturated heterocycles. The fraction of sp³-hybridized carbons (Fsp3) is 0.500. The summed E-state index contributed by atoms with van der Waals surface area (Å²) in [7, 11) is 0. The van der Waals surface area contributed by atoms with Crippen molar-refractivity contribution in [2.75, 3.05) is 18.5 Å². The molecule has 1 fully saturated rings. The van der Waals surface area contributed by atoms with Gasteiger partial charge >= 0.3 is 0 Å². The highest BCUT2D eigenvalue weighted by Gasteiger charge is 2.13. The van der Waals surface area contributed by atoms with Gasteiger partial charge in [0, 0.05) is 13.2 Å². The standard InChI is InChI=1S/C12H17N3OS/c13-12(17)10-5-3-6-11(15-10)14-8-9-4-1-2-7-16-9/h3,5-6,9H,1-2,4,7-8H2,(H2,13,17)(H,14,15). The lowest BCUT2D eigenvalue weighted by Gasteiger charge is -2.23. The highest BCUT2D eigenvalue weighted by atomic mass is 32.1. The van der Waals surface area contributed by atoms with Gasteiger partial charge in [0.25, 0.3) is 0 Å². The molecule has 92 valence electrons. The second kappa shape index (κ2) is 5.93. The molecule has 1 aromatic heterocycles. The van der Waals surface area contributed by atoms with Crippen LogP contribution in [0.1, 0.15) is 25.0 Å². The first-order valence-electron chi connectivity index (χ1n) is 5.88. The van der Waals surface area contributed by atoms with Crippen LogP contribution in [0.4, 0.5) is 5.82 Å². The Hall–Kier alpha value is -1.20. The van der Waals surface area contributed by atoms with Gasteiger partial charge in [0.15, 0.2) is 0 Å². The Morgan fingerprint density at radius 2 is 2.41 bits per heavy atom. The van der Waals surface area contributed by atoms with Crippen molar-refractivity contribution in [3.63, 3.8) is 0 Å². The maximum atomic E-state index is 5.64. The van der Waals surface area contributed by atoms with Gasteiger partial charge in [-0.05, 0) is 31.4 Å². The van der Waals surface area contributed by atoms with E-state index in [0.717, 1.165) is 25.4 Å². The molecule has 0 saturated carbocycles. The SMILES string of the molecule is NC(=S)c1cccc(NCC2CCCCO2)n1. The zero-order chi connectivity index (χ0) is 12.1. The molecular weight excluding hydrogens is 234 g/mol. The van der Waals surface area contributed by atoms with Crippen LogP contribution < -0.4 is 11.1 Å². The summed E-state index contributed by atoms with van der Waals surface area (Å²) < 4.78 is 5.64. The quantitative estimate of drug-likeness (QED) is 0.798. The van der Waals surface area contributed by atoms with Crippen molar-refractivity contribution in [2.24, 2.45) is 5.73 Å². The molecular formula is C12H17N3OS. The summed E-state index contributed by atoms with van der Waals surface area (Å²) in [4.78, 5) is 4.65. The predicted molar refractivity (Wildman–Crippen MR) is 72.2 cm³/mol. The Morgan fingerprint density at radius 1 is 1.53 bits per heavy atom. The molecule has 2 rings (SSSR count). The van der Waals surface area contributed by atoms with Crippen molar-refractivity contribution in [1.82, 2.24) is 4.98 Å². The second-order valence-electron chi connectivity index (χ2n) is 4.14. The molecule has 5 heteroatoms. The molecule has 0 bridgehead atoms. The van der Waals surface area contributed by atoms with Crippen LogP contribution in [0.25, 0.3) is 0 Å². The molecule has 0 radical (unpaired) electrons. The molecule has 1 unspecified atom stereocenters. The van der Waals surface area contributed by atoms with Crippen molar-refractivity contribution in [3.8, 4) is 0 Å². The first-order valence-corrected chi connectivity index (χ1v) is 6.29. The van der Waals surface area contributed by atoms with Crippen molar-refractivity contribution < 1.29 is 4.74 Å². The van der Waals surface area contributed by atoms with Crippen molar-refractivity contribution in [1.29, 1.82) is 0 Å². The predicted octanol–water partition coefficient (Wildman–Crippen LogP) is 1.70. The van der Waals surface area contributed by atoms with E-state index in [-0.39, 0.29) is 0 Å². The maximum Gasteiger partial charge on any atom is 0.126 e. The van der Waals surface area contributed by atoms with Gasteiger partial charge < -0.3 is 15.8 Å². The summed E-state index contributed by atoms with van der Waals surface area (Å²) >= 11 is 4.89. The summed E-state index contributed by atoms with van der Waals surface area (Å²) in [6, 6.07) is 5.61. The topological polar surface area (TPSA) is 60.2 Å². The molecule has 1 atom stereocenters. The highest BCUT2D eigenvalue weighted by molar-refractivity contribution is 7.80. The Kier molecular flexibility index (Phi) is 4.28. The minimum atomic E-state index is 0.291. The van der Waals surface area contributed by atoms with Crippen LogP contribution in [-0.4, -0.2) is 29.2 Å². The van der Waals surface area contributed by atoms with Crippen LogP contribution in [-0.2, 0) is 4.74 Å². The van der Waals surface area contributed by atoms with E-state index in [2.05, 4.69) is 10.3 Å². The Balaban J connectivity index is 1.89. The van der Waals surface area contributed by atoms with Gasteiger partial charge in [-0.15, -0.1) is 0 Å². The Labute approximate surface area is 107 Å². The van der Waals surface area contributed by atoms with E-state index in [1.807, 2.05) is 18.2 Å². The molecule has 3 N–H and O–H groups in total. The lowest BCUT2D eigenvalue weighted by Crippen LogP contribution is -2.27. The van der Waals surface area contributed by atoms with Crippen molar-refractivity contribution in [3.05, 3.63) is 23.9 Å². The number of anilines is 1. The van der Waals surface area contributed by atoms with Crippen LogP contribution in [0.3, 0.4) is 0 Å². The van der Waals surface area contributed by atoms with Gasteiger partial charge in [0.05, 0.1) is 11.8 Å². The molecule has 0 amide bonds. The van der Waals surface area contributed by atoms with Crippen LogP contribution >= 0.6 is 12.2 Å². The summed E-state index contributed by atoms with van der Waals surface area (Å²) in [6.07, 6.45) is 3.82. The first kappa shape index (κ1) is 12.3. The molecule has 2 heterocycles. The van der Waals surface area contributed by atoms with Crippen LogP contribution in [0.15, 0.2) is 18.2 Å². The highest BCUT2D eigenvalue weighted by Crippen LogP contribution is 2.13. The Bertz CT molecular complexity index is 391. The third-order valence-electron chi connectivity index (χ3n) is 2.79. The molecule has 0 aliphatic carbocycles. The average Bonchev–Trinajstić information content (AvgIpc) is 2.38. The van der Waals surface area contributed by atoms with Crippen molar-refractivity contribution >= 4 is 23.0 Å². The van der Waals surface area contributed by atoms with Gasteiger partial charge in [0.1, 0.15) is 10.8 Å². The molecule has 4 nitrogen and oxygen atoms in total. The summed E-state index contributed by atoms with van der Waals surface area (Å²) in [5, 5.41) is 3.26. The van der Waals surface area contributed by atoms with Gasteiger partial charge in [0.2, 0.25) is 0 Å². The fourth-order valence-corrected chi connectivity index (χ4v) is 1.97. The summed E-state index contributed by atoms with van der Waals surface area (Å²) in [6.45, 7) is 1.65. The number of nitrogens with two attached hydrogens (primary N) is 1. The van der Waals surface area contributed by atoms with Crippen molar-refractivity contribution in [2.45, 2.75) is 25.4 Å². The van der Waals surface area contributed by atoms with Crippen LogP contribution in [0.5, 0.6) is 0 Å². The molecule has 1 aromatic rings. The summed E-state index contributed by atoms with van der Waals surface area (Å²) in [5.41, 5.74) is 6.19. The zero-order valence-electron chi connectivity index (χ0n) is 9.69. The fourth-order valence-electron chi connectivity index (χ4n) is 1.86. The van der Waals surface area contributed by atoms with Gasteiger partial charge in [-0.1, -0.05) is 18.3 Å². The molecule has 1 aliphatic heterocycles. The minimum Gasteiger partial charge on any atom is -0.388 e. The van der Waals surface area contributed by atoms with Gasteiger partial charge in [-0.3, -0.25) is 0 Å². The maximum absolute atomic E-state index is 5.64. The number of ether oxygens (including phenoxy) is 1. The Morgan fingerprint density at radius 3 is 3.12 bits per heavy atom. The average molecular weight is 251 g/mol. The zero-order valence-corrected chi connectivity index (χ0v) is 10.5. The lowest BCUT2D eigenvalue weighted by molar-refractivity contribution is 0.0247. The van der Waals surface area contributed by atoms with E-state index >= 15 is 0 Å². The molecule has 17 heavy (non-hydrogen) atoms. The van der Waals surface area contributed by atoms with E-state index in [0.29, 0.717) is 16.8 Å². The van der Waals surface area contributed by atoms with E-state index in [4.69, 9.17) is 22.7 Å². The number of nitrogens with one attached hydrogen (secondary N) is 1.